The van der Waals surface area contributed by atoms with Gasteiger partial charge in [-0.15, -0.1) is 0 Å². The van der Waals surface area contributed by atoms with Crippen molar-refractivity contribution < 1.29 is 13.2 Å². The average Bonchev–Trinajstić information content (AvgIpc) is 2.61. The van der Waals surface area contributed by atoms with Crippen molar-refractivity contribution >= 4 is 21.6 Å². The van der Waals surface area contributed by atoms with E-state index in [1.54, 1.807) is 24.3 Å². The summed E-state index contributed by atoms with van der Waals surface area (Å²) in [6.45, 7) is 6.55. The fourth-order valence-electron chi connectivity index (χ4n) is 3.53. The van der Waals surface area contributed by atoms with Gasteiger partial charge in [-0.3, -0.25) is 4.79 Å². The monoisotopic (exact) mass is 386 g/mol. The summed E-state index contributed by atoms with van der Waals surface area (Å²) in [6.07, 6.45) is 1.37. The van der Waals surface area contributed by atoms with Gasteiger partial charge in [-0.2, -0.15) is 4.31 Å². The number of carbonyl (C=O) groups excluding carboxylic acids is 1. The van der Waals surface area contributed by atoms with E-state index in [9.17, 15) is 13.2 Å². The second-order valence-corrected chi connectivity index (χ2v) is 9.32. The Balaban J connectivity index is 1.73. The van der Waals surface area contributed by atoms with Crippen LogP contribution in [0.25, 0.3) is 0 Å². The highest BCUT2D eigenvalue weighted by Gasteiger charge is 2.33. The van der Waals surface area contributed by atoms with Gasteiger partial charge in [-0.05, 0) is 69.0 Å². The lowest BCUT2D eigenvalue weighted by Gasteiger charge is -2.31. The zero-order chi connectivity index (χ0) is 19.6. The molecule has 27 heavy (non-hydrogen) atoms. The lowest BCUT2D eigenvalue weighted by molar-refractivity contribution is -0.120. The summed E-state index contributed by atoms with van der Waals surface area (Å²) in [7, 11) is -3.58. The maximum absolute atomic E-state index is 12.9. The summed E-state index contributed by atoms with van der Waals surface area (Å²) in [4.78, 5) is 13.0. The smallest absolute Gasteiger partial charge is 0.243 e. The molecule has 1 unspecified atom stereocenters. The quantitative estimate of drug-likeness (QED) is 0.872. The molecule has 2 aromatic carbocycles. The van der Waals surface area contributed by atoms with Crippen molar-refractivity contribution in [3.63, 3.8) is 0 Å². The van der Waals surface area contributed by atoms with Gasteiger partial charge in [0.25, 0.3) is 0 Å². The van der Waals surface area contributed by atoms with Crippen molar-refractivity contribution in [3.8, 4) is 0 Å². The summed E-state index contributed by atoms with van der Waals surface area (Å²) < 4.78 is 27.3. The molecule has 2 aromatic rings. The minimum Gasteiger partial charge on any atom is -0.326 e. The molecule has 0 aromatic heterocycles. The summed E-state index contributed by atoms with van der Waals surface area (Å²) in [6, 6.07) is 12.7. The zero-order valence-corrected chi connectivity index (χ0v) is 16.8. The first kappa shape index (κ1) is 19.6. The van der Waals surface area contributed by atoms with Crippen LogP contribution < -0.4 is 5.32 Å². The van der Waals surface area contributed by atoms with Crippen molar-refractivity contribution in [2.24, 2.45) is 5.92 Å². The number of aryl methyl sites for hydroxylation is 3. The van der Waals surface area contributed by atoms with Crippen LogP contribution in [0.1, 0.15) is 29.5 Å². The van der Waals surface area contributed by atoms with Gasteiger partial charge >= 0.3 is 0 Å². The highest BCUT2D eigenvalue weighted by molar-refractivity contribution is 7.89. The Labute approximate surface area is 161 Å². The first-order chi connectivity index (χ1) is 12.8. The largest absolute Gasteiger partial charge is 0.326 e. The predicted octanol–water partition coefficient (Wildman–Crippen LogP) is 3.65. The molecule has 1 heterocycles. The number of sulfonamides is 1. The summed E-state index contributed by atoms with van der Waals surface area (Å²) in [5, 5.41) is 2.95. The molecule has 0 radical (unpaired) electrons. The predicted molar refractivity (Wildman–Crippen MR) is 107 cm³/mol. The van der Waals surface area contributed by atoms with Crippen LogP contribution in [-0.4, -0.2) is 31.7 Å². The normalized spacial score (nSPS) is 18.3. The van der Waals surface area contributed by atoms with E-state index in [1.807, 2.05) is 39.0 Å². The minimum absolute atomic E-state index is 0.121. The Morgan fingerprint density at radius 2 is 1.63 bits per heavy atom. The molecule has 144 valence electrons. The van der Waals surface area contributed by atoms with Crippen LogP contribution in [0.3, 0.4) is 0 Å². The Hall–Kier alpha value is -2.18. The molecule has 0 bridgehead atoms. The standard InChI is InChI=1S/C21H26N2O3S/c1-15-6-8-20(9-7-15)27(25,26)23-10-4-5-18(14-23)21(24)22-19-12-16(2)11-17(3)13-19/h6-9,11-13,18H,4-5,10,14H2,1-3H3,(H,22,24). The molecule has 5 nitrogen and oxygen atoms in total. The first-order valence-corrected chi connectivity index (χ1v) is 10.7. The molecule has 0 spiro atoms. The van der Waals surface area contributed by atoms with E-state index in [0.717, 1.165) is 22.4 Å². The number of nitrogens with one attached hydrogen (secondary N) is 1. The van der Waals surface area contributed by atoms with Gasteiger partial charge in [0.2, 0.25) is 15.9 Å². The molecule has 1 atom stereocenters. The van der Waals surface area contributed by atoms with Crippen LogP contribution in [0.2, 0.25) is 0 Å². The molecule has 3 rings (SSSR count). The van der Waals surface area contributed by atoms with Gasteiger partial charge in [0.15, 0.2) is 0 Å². The van der Waals surface area contributed by atoms with E-state index >= 15 is 0 Å². The van der Waals surface area contributed by atoms with Crippen LogP contribution in [0.5, 0.6) is 0 Å². The van der Waals surface area contributed by atoms with Crippen LogP contribution in [0, 0.1) is 26.7 Å². The maximum Gasteiger partial charge on any atom is 0.243 e. The van der Waals surface area contributed by atoms with E-state index in [0.29, 0.717) is 19.4 Å². The molecule has 0 aliphatic carbocycles. The number of piperidine rings is 1. The van der Waals surface area contributed by atoms with Gasteiger partial charge in [0, 0.05) is 18.8 Å². The van der Waals surface area contributed by atoms with Gasteiger partial charge < -0.3 is 5.32 Å². The Morgan fingerprint density at radius 1 is 1.00 bits per heavy atom. The first-order valence-electron chi connectivity index (χ1n) is 9.22. The summed E-state index contributed by atoms with van der Waals surface area (Å²) >= 11 is 0. The van der Waals surface area contributed by atoms with Crippen molar-refractivity contribution in [1.29, 1.82) is 0 Å². The second kappa shape index (κ2) is 7.82. The maximum atomic E-state index is 12.9. The third-order valence-electron chi connectivity index (χ3n) is 4.90. The van der Waals surface area contributed by atoms with E-state index < -0.39 is 10.0 Å². The molecule has 1 aliphatic rings. The molecule has 1 fully saturated rings. The Kier molecular flexibility index (Phi) is 5.67. The van der Waals surface area contributed by atoms with Crippen LogP contribution in [-0.2, 0) is 14.8 Å². The van der Waals surface area contributed by atoms with Crippen molar-refractivity contribution in [3.05, 3.63) is 59.2 Å². The fourth-order valence-corrected chi connectivity index (χ4v) is 5.05. The average molecular weight is 387 g/mol. The fraction of sp³-hybridized carbons (Fsp3) is 0.381. The second-order valence-electron chi connectivity index (χ2n) is 7.38. The lowest BCUT2D eigenvalue weighted by Crippen LogP contribution is -2.43. The molecule has 1 N–H and O–H groups in total. The number of anilines is 1. The van der Waals surface area contributed by atoms with Gasteiger partial charge in [-0.1, -0.05) is 23.8 Å². The molecule has 0 saturated carbocycles. The molecule has 6 heteroatoms. The van der Waals surface area contributed by atoms with Gasteiger partial charge in [0.1, 0.15) is 0 Å². The number of amides is 1. The topological polar surface area (TPSA) is 66.5 Å². The van der Waals surface area contributed by atoms with Crippen LogP contribution >= 0.6 is 0 Å². The van der Waals surface area contributed by atoms with Crippen molar-refractivity contribution in [2.75, 3.05) is 18.4 Å². The molecular weight excluding hydrogens is 360 g/mol. The number of nitrogens with zero attached hydrogens (tertiary/aromatic N) is 1. The highest BCUT2D eigenvalue weighted by atomic mass is 32.2. The molecule has 1 aliphatic heterocycles. The number of hydrogen-bond donors (Lipinski definition) is 1. The van der Waals surface area contributed by atoms with Crippen LogP contribution in [0.15, 0.2) is 47.4 Å². The minimum atomic E-state index is -3.58. The number of carbonyl (C=O) groups is 1. The van der Waals surface area contributed by atoms with Crippen molar-refractivity contribution in [1.82, 2.24) is 4.31 Å². The Morgan fingerprint density at radius 3 is 2.26 bits per heavy atom. The Bertz CT molecular complexity index is 916. The highest BCUT2D eigenvalue weighted by Crippen LogP contribution is 2.25. The summed E-state index contributed by atoms with van der Waals surface area (Å²) in [5.74, 6) is -0.469. The number of hydrogen-bond acceptors (Lipinski definition) is 3. The third-order valence-corrected chi connectivity index (χ3v) is 6.78. The van der Waals surface area contributed by atoms with Gasteiger partial charge in [-0.25, -0.2) is 8.42 Å². The number of rotatable bonds is 4. The van der Waals surface area contributed by atoms with Crippen molar-refractivity contribution in [2.45, 2.75) is 38.5 Å². The number of benzene rings is 2. The zero-order valence-electron chi connectivity index (χ0n) is 16.0. The van der Waals surface area contributed by atoms with E-state index in [-0.39, 0.29) is 23.3 Å². The third kappa shape index (κ3) is 4.57. The SMILES string of the molecule is Cc1ccc(S(=O)(=O)N2CCCC(C(=O)Nc3cc(C)cc(C)c3)C2)cc1. The van der Waals surface area contributed by atoms with E-state index in [1.165, 1.54) is 4.31 Å². The van der Waals surface area contributed by atoms with E-state index in [2.05, 4.69) is 5.32 Å². The molecular formula is C21H26N2O3S. The molecule has 1 saturated heterocycles. The lowest BCUT2D eigenvalue weighted by atomic mass is 9.98. The summed E-state index contributed by atoms with van der Waals surface area (Å²) in [5.41, 5.74) is 3.93. The van der Waals surface area contributed by atoms with E-state index in [4.69, 9.17) is 0 Å². The van der Waals surface area contributed by atoms with Crippen LogP contribution in [0.4, 0.5) is 5.69 Å². The van der Waals surface area contributed by atoms with Gasteiger partial charge in [0.05, 0.1) is 10.8 Å². The molecule has 1 amide bonds.